The summed E-state index contributed by atoms with van der Waals surface area (Å²) in [5, 5.41) is 9.51. The van der Waals surface area contributed by atoms with Crippen molar-refractivity contribution < 1.29 is 24.2 Å². The normalized spacial score (nSPS) is 29.9. The van der Waals surface area contributed by atoms with Crippen molar-refractivity contribution in [2.75, 3.05) is 31.1 Å². The van der Waals surface area contributed by atoms with Crippen molar-refractivity contribution in [1.29, 1.82) is 0 Å². The third kappa shape index (κ3) is 4.62. The lowest BCUT2D eigenvalue weighted by molar-refractivity contribution is -0.150. The van der Waals surface area contributed by atoms with Crippen LogP contribution in [0.1, 0.15) is 42.9 Å². The summed E-state index contributed by atoms with van der Waals surface area (Å²) < 4.78 is 7.09. The van der Waals surface area contributed by atoms with Crippen molar-refractivity contribution in [3.8, 4) is 0 Å². The molecule has 4 aliphatic rings. The number of nitrogens with zero attached hydrogens (tertiary/aromatic N) is 3. The number of amides is 3. The number of likely N-dealkylation sites (tertiary alicyclic amines) is 1. The van der Waals surface area contributed by atoms with Gasteiger partial charge in [0.2, 0.25) is 11.8 Å². The van der Waals surface area contributed by atoms with Gasteiger partial charge in [-0.1, -0.05) is 79.8 Å². The van der Waals surface area contributed by atoms with Crippen molar-refractivity contribution in [2.45, 2.75) is 63.8 Å². The summed E-state index contributed by atoms with van der Waals surface area (Å²) in [6.45, 7) is 7.44. The molecule has 0 bridgehead atoms. The monoisotopic (exact) mass is 583 g/mol. The first-order valence-electron chi connectivity index (χ1n) is 15.4. The lowest BCUT2D eigenvalue weighted by Crippen LogP contribution is -2.56. The van der Waals surface area contributed by atoms with Crippen LogP contribution in [0.5, 0.6) is 0 Å². The van der Waals surface area contributed by atoms with Gasteiger partial charge in [0.25, 0.3) is 5.91 Å². The molecule has 0 aliphatic carbocycles. The number of carbonyl (C=O) groups excluding carboxylic acids is 3. The van der Waals surface area contributed by atoms with Crippen molar-refractivity contribution in [3.63, 3.8) is 0 Å². The largest absolute Gasteiger partial charge is 0.396 e. The highest BCUT2D eigenvalue weighted by Gasteiger charge is 2.75. The number of aliphatic hydroxyl groups excluding tert-OH is 1. The lowest BCUT2D eigenvalue weighted by atomic mass is 9.73. The van der Waals surface area contributed by atoms with E-state index in [0.717, 1.165) is 22.4 Å². The van der Waals surface area contributed by atoms with Crippen LogP contribution in [0.3, 0.4) is 0 Å². The number of para-hydroxylation sites is 1. The molecule has 2 saturated heterocycles. The Morgan fingerprint density at radius 3 is 2.28 bits per heavy atom. The van der Waals surface area contributed by atoms with Gasteiger partial charge in [-0.2, -0.15) is 0 Å². The van der Waals surface area contributed by atoms with E-state index in [9.17, 15) is 19.5 Å². The number of hydrogen-bond acceptors (Lipinski definition) is 5. The maximum absolute atomic E-state index is 14.8. The maximum Gasteiger partial charge on any atom is 0.253 e. The highest BCUT2D eigenvalue weighted by Crippen LogP contribution is 2.58. The molecule has 2 aromatic carbocycles. The van der Waals surface area contributed by atoms with Crippen molar-refractivity contribution in [1.82, 2.24) is 9.80 Å². The summed E-state index contributed by atoms with van der Waals surface area (Å²) in [4.78, 5) is 49.1. The van der Waals surface area contributed by atoms with Crippen LogP contribution in [0.2, 0.25) is 0 Å². The smallest absolute Gasteiger partial charge is 0.253 e. The molecule has 226 valence electrons. The third-order valence-corrected chi connectivity index (χ3v) is 9.76. The van der Waals surface area contributed by atoms with Crippen LogP contribution in [0, 0.1) is 25.7 Å². The molecule has 2 fully saturated rings. The second kappa shape index (κ2) is 11.4. The minimum absolute atomic E-state index is 0.000551. The number of benzene rings is 2. The van der Waals surface area contributed by atoms with Crippen LogP contribution in [-0.2, 0) is 25.7 Å². The first kappa shape index (κ1) is 29.3. The Balaban J connectivity index is 1.46. The minimum atomic E-state index is -1.30. The Bertz CT molecular complexity index is 1450. The summed E-state index contributed by atoms with van der Waals surface area (Å²) in [5.41, 5.74) is 1.48. The third-order valence-electron chi connectivity index (χ3n) is 9.76. The van der Waals surface area contributed by atoms with Crippen molar-refractivity contribution in [2.24, 2.45) is 11.8 Å². The Labute approximate surface area is 253 Å². The molecule has 4 aliphatic heterocycles. The summed E-state index contributed by atoms with van der Waals surface area (Å²) in [5.74, 6) is -2.19. The standard InChI is InChI=1S/C35H41N3O5/c1-4-34-17-11-19-36(23-26-15-6-5-7-16-26)31(40)27(34)28-32(41)38(20-8-9-22-39)30-33(42)37(21-12-18-35(28,30)43-34)29-24(2)13-10-14-25(29)3/h5-7,10-18,27-28,30,39H,4,8-9,19-23H2,1-3H3/t27-,28-,30?,34+,35-/m0/s1. The van der Waals surface area contributed by atoms with E-state index in [-0.39, 0.29) is 24.3 Å². The number of aryl methyl sites for hydroxylation is 2. The zero-order chi connectivity index (χ0) is 30.4. The van der Waals surface area contributed by atoms with E-state index in [4.69, 9.17) is 4.74 Å². The van der Waals surface area contributed by atoms with Gasteiger partial charge in [0.1, 0.15) is 11.6 Å². The van der Waals surface area contributed by atoms with E-state index in [0.29, 0.717) is 45.4 Å². The molecule has 1 unspecified atom stereocenters. The number of unbranched alkanes of at least 4 members (excludes halogenated alkanes) is 1. The number of fused-ring (bicyclic) bond motifs is 2. The molecule has 0 radical (unpaired) electrons. The molecule has 0 aromatic heterocycles. The first-order valence-corrected chi connectivity index (χ1v) is 15.4. The van der Waals surface area contributed by atoms with Gasteiger partial charge in [-0.25, -0.2) is 0 Å². The average Bonchev–Trinajstić information content (AvgIpc) is 3.29. The van der Waals surface area contributed by atoms with Gasteiger partial charge >= 0.3 is 0 Å². The molecule has 2 aromatic rings. The van der Waals surface area contributed by atoms with E-state index in [1.54, 1.807) is 14.7 Å². The van der Waals surface area contributed by atoms with Gasteiger partial charge in [0, 0.05) is 38.5 Å². The molecule has 8 nitrogen and oxygen atoms in total. The van der Waals surface area contributed by atoms with Gasteiger partial charge in [0.05, 0.1) is 17.4 Å². The van der Waals surface area contributed by atoms with E-state index in [2.05, 4.69) is 0 Å². The van der Waals surface area contributed by atoms with Crippen molar-refractivity contribution in [3.05, 3.63) is 89.5 Å². The first-order chi connectivity index (χ1) is 20.8. The van der Waals surface area contributed by atoms with Crippen LogP contribution >= 0.6 is 0 Å². The number of aliphatic hydroxyl groups is 1. The highest BCUT2D eigenvalue weighted by molar-refractivity contribution is 6.06. The number of rotatable bonds is 8. The predicted octanol–water partition coefficient (Wildman–Crippen LogP) is 3.94. The van der Waals surface area contributed by atoms with E-state index >= 15 is 0 Å². The summed E-state index contributed by atoms with van der Waals surface area (Å²) in [6.07, 6.45) is 9.34. The molecule has 8 heteroatoms. The fourth-order valence-corrected chi connectivity index (χ4v) is 7.82. The molecular weight excluding hydrogens is 542 g/mol. The molecule has 6 rings (SSSR count). The molecule has 1 N–H and O–H groups in total. The van der Waals surface area contributed by atoms with Gasteiger partial charge < -0.3 is 24.5 Å². The van der Waals surface area contributed by atoms with Crippen LogP contribution in [0.25, 0.3) is 0 Å². The van der Waals surface area contributed by atoms with Gasteiger partial charge in [0.15, 0.2) is 0 Å². The fraction of sp³-hybridized carbons (Fsp3) is 0.457. The van der Waals surface area contributed by atoms with E-state index in [1.165, 1.54) is 0 Å². The SMILES string of the molecule is CC[C@@]12C=CCN(Cc3ccccc3)C(=O)[C@@H]1[C@H]1C(=O)N(CCCCO)C3C(=O)N(c4c(C)cccc4C)CC=C[C@@]31O2. The van der Waals surface area contributed by atoms with E-state index in [1.807, 2.05) is 93.6 Å². The van der Waals surface area contributed by atoms with Crippen LogP contribution in [0.4, 0.5) is 5.69 Å². The molecule has 4 heterocycles. The van der Waals surface area contributed by atoms with Gasteiger partial charge in [-0.05, 0) is 49.8 Å². The second-order valence-electron chi connectivity index (χ2n) is 12.3. The quantitative estimate of drug-likeness (QED) is 0.376. The van der Waals surface area contributed by atoms with Crippen LogP contribution in [0.15, 0.2) is 72.8 Å². The molecule has 5 atom stereocenters. The topological polar surface area (TPSA) is 90.4 Å². The van der Waals surface area contributed by atoms with Gasteiger partial charge in [-0.3, -0.25) is 14.4 Å². The van der Waals surface area contributed by atoms with Crippen LogP contribution in [-0.4, -0.2) is 76.1 Å². The molecule has 3 amide bonds. The second-order valence-corrected chi connectivity index (χ2v) is 12.3. The Kier molecular flexibility index (Phi) is 7.77. The van der Waals surface area contributed by atoms with E-state index < -0.39 is 29.1 Å². The zero-order valence-electron chi connectivity index (χ0n) is 25.2. The lowest BCUT2D eigenvalue weighted by Gasteiger charge is -2.39. The number of anilines is 1. The average molecular weight is 584 g/mol. The summed E-state index contributed by atoms with van der Waals surface area (Å²) >= 11 is 0. The van der Waals surface area contributed by atoms with Crippen LogP contribution < -0.4 is 4.90 Å². The Morgan fingerprint density at radius 1 is 0.860 bits per heavy atom. The Hall–Kier alpha value is -3.75. The fourth-order valence-electron chi connectivity index (χ4n) is 7.82. The summed E-state index contributed by atoms with van der Waals surface area (Å²) in [6, 6.07) is 14.9. The van der Waals surface area contributed by atoms with Crippen molar-refractivity contribution >= 4 is 23.4 Å². The predicted molar refractivity (Wildman–Crippen MR) is 164 cm³/mol. The minimum Gasteiger partial charge on any atom is -0.396 e. The highest BCUT2D eigenvalue weighted by atomic mass is 16.5. The Morgan fingerprint density at radius 2 is 1.58 bits per heavy atom. The molecule has 1 spiro atoms. The zero-order valence-corrected chi connectivity index (χ0v) is 25.2. The molecule has 43 heavy (non-hydrogen) atoms. The van der Waals surface area contributed by atoms with Gasteiger partial charge in [-0.15, -0.1) is 0 Å². The maximum atomic E-state index is 14.8. The number of carbonyl (C=O) groups is 3. The summed E-state index contributed by atoms with van der Waals surface area (Å²) in [7, 11) is 0. The molecule has 0 saturated carbocycles. The molecular formula is C35H41N3O5. The number of hydrogen-bond donors (Lipinski definition) is 1. The number of ether oxygens (including phenoxy) is 1.